The molecule has 0 aliphatic carbocycles. The smallest absolute Gasteiger partial charge is 0.162 e. The molecule has 2 aliphatic rings. The summed E-state index contributed by atoms with van der Waals surface area (Å²) in [5.74, 6) is 10.2. The van der Waals surface area contributed by atoms with Crippen molar-refractivity contribution < 1.29 is 4.74 Å². The average Bonchev–Trinajstić information content (AvgIpc) is 3.31. The van der Waals surface area contributed by atoms with Crippen LogP contribution in [0, 0.1) is 17.3 Å². The normalized spacial score (nSPS) is 28.7. The van der Waals surface area contributed by atoms with E-state index in [9.17, 15) is 0 Å². The molecule has 3 nitrogen and oxygen atoms in total. The fraction of sp³-hybridized carbons (Fsp3) is 0.520. The zero-order chi connectivity index (χ0) is 21.2. The Kier molecular flexibility index (Phi) is 6.85. The van der Waals surface area contributed by atoms with E-state index >= 15 is 0 Å². The van der Waals surface area contributed by atoms with Crippen LogP contribution >= 0.6 is 23.5 Å². The predicted molar refractivity (Wildman–Crippen MR) is 130 cm³/mol. The van der Waals surface area contributed by atoms with Crippen molar-refractivity contribution in [3.63, 3.8) is 0 Å². The minimum absolute atomic E-state index is 0.217. The quantitative estimate of drug-likeness (QED) is 0.609. The molecule has 0 bridgehead atoms. The molecule has 2 heterocycles. The first kappa shape index (κ1) is 22.2. The van der Waals surface area contributed by atoms with Gasteiger partial charge in [0.25, 0.3) is 0 Å². The molecule has 30 heavy (non-hydrogen) atoms. The molecule has 2 aromatic rings. The van der Waals surface area contributed by atoms with E-state index in [4.69, 9.17) is 10.6 Å². The molecule has 2 aliphatic heterocycles. The molecule has 0 radical (unpaired) electrons. The van der Waals surface area contributed by atoms with Crippen LogP contribution in [0.15, 0.2) is 60.7 Å². The van der Waals surface area contributed by atoms with E-state index in [-0.39, 0.29) is 11.3 Å². The Balaban J connectivity index is 1.71. The van der Waals surface area contributed by atoms with Crippen LogP contribution in [0.1, 0.15) is 31.4 Å². The molecule has 2 fully saturated rings. The molecular weight excluding hydrogens is 408 g/mol. The second-order valence-electron chi connectivity index (χ2n) is 9.13. The molecule has 0 spiro atoms. The van der Waals surface area contributed by atoms with Crippen molar-refractivity contribution in [2.75, 3.05) is 25.2 Å². The van der Waals surface area contributed by atoms with Gasteiger partial charge in [0.1, 0.15) is 0 Å². The van der Waals surface area contributed by atoms with Gasteiger partial charge in [-0.25, -0.2) is 5.01 Å². The van der Waals surface area contributed by atoms with Crippen LogP contribution in [0.25, 0.3) is 0 Å². The summed E-state index contributed by atoms with van der Waals surface area (Å²) in [5, 5.41) is 2.01. The van der Waals surface area contributed by atoms with E-state index in [1.54, 1.807) is 0 Å². The molecule has 0 aromatic heterocycles. The van der Waals surface area contributed by atoms with Crippen molar-refractivity contribution in [1.29, 1.82) is 0 Å². The first-order chi connectivity index (χ1) is 14.5. The maximum absolute atomic E-state index is 6.88. The van der Waals surface area contributed by atoms with Gasteiger partial charge >= 0.3 is 0 Å². The minimum Gasteiger partial charge on any atom is -0.358 e. The summed E-state index contributed by atoms with van der Waals surface area (Å²) >= 11 is 4.25. The van der Waals surface area contributed by atoms with Gasteiger partial charge in [-0.1, -0.05) is 74.5 Å². The van der Waals surface area contributed by atoms with Gasteiger partial charge in [0.15, 0.2) is 5.72 Å². The minimum atomic E-state index is -0.611. The van der Waals surface area contributed by atoms with Gasteiger partial charge in [0, 0.05) is 36.6 Å². The number of thioether (sulfide) groups is 2. The third-order valence-corrected chi connectivity index (χ3v) is 10.8. The SMILES string of the molecule is COC1(c2ccccc2)C(Cc2ccccc2)CC(C(C)(C)C2SCCS2)CN1N. The molecular formula is C25H34N2OS2. The van der Waals surface area contributed by atoms with Gasteiger partial charge in [-0.05, 0) is 29.7 Å². The van der Waals surface area contributed by atoms with Crippen LogP contribution in [-0.2, 0) is 16.9 Å². The summed E-state index contributed by atoms with van der Waals surface area (Å²) in [6, 6.07) is 21.4. The lowest BCUT2D eigenvalue weighted by molar-refractivity contribution is -0.220. The lowest BCUT2D eigenvalue weighted by Crippen LogP contribution is -2.63. The summed E-state index contributed by atoms with van der Waals surface area (Å²) in [7, 11) is 1.82. The number of nitrogens with zero attached hydrogens (tertiary/aromatic N) is 1. The predicted octanol–water partition coefficient (Wildman–Crippen LogP) is 5.37. The van der Waals surface area contributed by atoms with Gasteiger partial charge < -0.3 is 4.74 Å². The van der Waals surface area contributed by atoms with Crippen LogP contribution in [0.4, 0.5) is 0 Å². The summed E-state index contributed by atoms with van der Waals surface area (Å²) < 4.78 is 6.98. The number of piperidine rings is 1. The van der Waals surface area contributed by atoms with Gasteiger partial charge in [-0.3, -0.25) is 5.84 Å². The van der Waals surface area contributed by atoms with Crippen molar-refractivity contribution in [2.45, 2.75) is 37.0 Å². The standard InChI is InChI=1S/C25H34N2OS2/c1-24(2,23-29-14-15-30-23)22-17-21(16-19-10-6-4-7-11-19)25(28-3,27(26)18-22)20-12-8-5-9-13-20/h4-13,21-23H,14-18,26H2,1-3H3. The molecule has 0 saturated carbocycles. The Morgan fingerprint density at radius 1 is 1.03 bits per heavy atom. The highest BCUT2D eigenvalue weighted by atomic mass is 32.2. The summed E-state index contributed by atoms with van der Waals surface area (Å²) in [6.45, 7) is 5.74. The summed E-state index contributed by atoms with van der Waals surface area (Å²) in [6.07, 6.45) is 2.06. The maximum Gasteiger partial charge on any atom is 0.162 e. The third kappa shape index (κ3) is 4.07. The second-order valence-corrected chi connectivity index (χ2v) is 11.9. The molecule has 2 N–H and O–H groups in total. The van der Waals surface area contributed by atoms with Crippen LogP contribution in [-0.4, -0.2) is 34.8 Å². The lowest BCUT2D eigenvalue weighted by atomic mass is 9.67. The Morgan fingerprint density at radius 3 is 2.23 bits per heavy atom. The highest BCUT2D eigenvalue weighted by Gasteiger charge is 2.53. The van der Waals surface area contributed by atoms with Crippen LogP contribution in [0.2, 0.25) is 0 Å². The second kappa shape index (κ2) is 9.25. The molecule has 162 valence electrons. The van der Waals surface area contributed by atoms with Crippen molar-refractivity contribution in [2.24, 2.45) is 23.1 Å². The third-order valence-electron chi connectivity index (χ3n) is 7.07. The number of nitrogens with two attached hydrogens (primary N) is 1. The number of methoxy groups -OCH3 is 1. The van der Waals surface area contributed by atoms with E-state index < -0.39 is 5.72 Å². The average molecular weight is 443 g/mol. The van der Waals surface area contributed by atoms with Gasteiger partial charge in [-0.2, -0.15) is 0 Å². The van der Waals surface area contributed by atoms with Gasteiger partial charge in [0.2, 0.25) is 0 Å². The lowest BCUT2D eigenvalue weighted by Gasteiger charge is -2.55. The monoisotopic (exact) mass is 442 g/mol. The number of benzene rings is 2. The van der Waals surface area contributed by atoms with E-state index in [1.807, 2.05) is 12.1 Å². The zero-order valence-corrected chi connectivity index (χ0v) is 19.9. The Hall–Kier alpha value is -0.980. The molecule has 3 atom stereocenters. The summed E-state index contributed by atoms with van der Waals surface area (Å²) in [5.41, 5.74) is 2.10. The van der Waals surface area contributed by atoms with Gasteiger partial charge in [0.05, 0.1) is 4.58 Å². The highest BCUT2D eigenvalue weighted by Crippen LogP contribution is 2.54. The molecule has 0 amide bonds. The van der Waals surface area contributed by atoms with E-state index in [0.29, 0.717) is 10.5 Å². The first-order valence-electron chi connectivity index (χ1n) is 10.9. The van der Waals surface area contributed by atoms with Crippen LogP contribution < -0.4 is 5.84 Å². The molecule has 2 aromatic carbocycles. The fourth-order valence-electron chi connectivity index (χ4n) is 5.31. The number of hydrogen-bond acceptors (Lipinski definition) is 5. The van der Waals surface area contributed by atoms with Crippen molar-refractivity contribution in [1.82, 2.24) is 5.01 Å². The molecule has 2 saturated heterocycles. The van der Waals surface area contributed by atoms with E-state index in [0.717, 1.165) is 24.9 Å². The summed E-state index contributed by atoms with van der Waals surface area (Å²) in [4.78, 5) is 0. The van der Waals surface area contributed by atoms with Crippen molar-refractivity contribution >= 4 is 23.5 Å². The van der Waals surface area contributed by atoms with E-state index in [1.165, 1.54) is 17.1 Å². The number of hydrogen-bond donors (Lipinski definition) is 1. The first-order valence-corrected chi connectivity index (χ1v) is 13.0. The van der Waals surface area contributed by atoms with Gasteiger partial charge in [-0.15, -0.1) is 23.5 Å². The topological polar surface area (TPSA) is 38.5 Å². The number of ether oxygens (including phenoxy) is 1. The van der Waals surface area contributed by atoms with Crippen LogP contribution in [0.3, 0.4) is 0 Å². The zero-order valence-electron chi connectivity index (χ0n) is 18.3. The fourth-order valence-corrected chi connectivity index (χ4v) is 8.71. The largest absolute Gasteiger partial charge is 0.358 e. The van der Waals surface area contributed by atoms with Crippen LogP contribution in [0.5, 0.6) is 0 Å². The van der Waals surface area contributed by atoms with Crippen molar-refractivity contribution in [3.05, 3.63) is 71.8 Å². The number of rotatable bonds is 6. The molecule has 4 rings (SSSR count). The number of hydrazine groups is 1. The maximum atomic E-state index is 6.88. The Morgan fingerprint density at radius 2 is 1.63 bits per heavy atom. The molecule has 3 unspecified atom stereocenters. The van der Waals surface area contributed by atoms with Crippen molar-refractivity contribution in [3.8, 4) is 0 Å². The Bertz CT molecular complexity index is 810. The molecule has 5 heteroatoms. The van der Waals surface area contributed by atoms with E-state index in [2.05, 4.69) is 98.0 Å². The Labute approximate surface area is 190 Å². The highest BCUT2D eigenvalue weighted by molar-refractivity contribution is 8.20.